The third kappa shape index (κ3) is 1.87. The number of ether oxygens (including phenoxy) is 2. The first kappa shape index (κ1) is 10.6. The van der Waals surface area contributed by atoms with Crippen LogP contribution < -0.4 is 0 Å². The Morgan fingerprint density at radius 1 is 1.54 bits per heavy atom. The maximum atomic E-state index is 11.4. The summed E-state index contributed by atoms with van der Waals surface area (Å²) >= 11 is 0. The van der Waals surface area contributed by atoms with E-state index >= 15 is 0 Å². The van der Waals surface area contributed by atoms with Crippen molar-refractivity contribution in [3.63, 3.8) is 0 Å². The molecule has 0 bridgehead atoms. The molecule has 6 nitrogen and oxygen atoms in total. The number of Topliss-reactive ketones (excluding diaryl/α,β-unsaturated/α-hetero) is 1. The molecule has 0 aliphatic carbocycles. The van der Waals surface area contributed by atoms with Gasteiger partial charge in [-0.15, -0.1) is 0 Å². The lowest BCUT2D eigenvalue weighted by Gasteiger charge is -2.23. The molecule has 0 aromatic rings. The number of hydrogen-bond donors (Lipinski definition) is 3. The van der Waals surface area contributed by atoms with E-state index in [4.69, 9.17) is 24.8 Å². The summed E-state index contributed by atoms with van der Waals surface area (Å²) in [6, 6.07) is 0. The van der Waals surface area contributed by atoms with E-state index < -0.39 is 30.7 Å². The van der Waals surface area contributed by atoms with E-state index in [1.165, 1.54) is 0 Å². The SMILES string of the molecule is O=C(C(O)CO)C1(CO)COCO1. The van der Waals surface area contributed by atoms with Crippen molar-refractivity contribution in [2.45, 2.75) is 11.7 Å². The van der Waals surface area contributed by atoms with Crippen LogP contribution in [0.2, 0.25) is 0 Å². The van der Waals surface area contributed by atoms with E-state index in [1.54, 1.807) is 0 Å². The monoisotopic (exact) mass is 192 g/mol. The van der Waals surface area contributed by atoms with Crippen LogP contribution in [-0.4, -0.2) is 59.4 Å². The average Bonchev–Trinajstić information content (AvgIpc) is 2.65. The highest BCUT2D eigenvalue weighted by Crippen LogP contribution is 2.20. The second-order valence-corrected chi connectivity index (χ2v) is 2.83. The number of ketones is 1. The summed E-state index contributed by atoms with van der Waals surface area (Å²) in [5, 5.41) is 26.5. The van der Waals surface area contributed by atoms with E-state index in [2.05, 4.69) is 0 Å². The molecule has 0 radical (unpaired) electrons. The molecule has 6 heteroatoms. The first-order chi connectivity index (χ1) is 6.16. The summed E-state index contributed by atoms with van der Waals surface area (Å²) in [6.45, 7) is -1.45. The van der Waals surface area contributed by atoms with E-state index in [-0.39, 0.29) is 13.4 Å². The van der Waals surface area contributed by atoms with Gasteiger partial charge in [0.05, 0.1) is 19.8 Å². The van der Waals surface area contributed by atoms with Crippen molar-refractivity contribution in [2.24, 2.45) is 0 Å². The molecular formula is C7H12O6. The Balaban J connectivity index is 2.70. The number of aliphatic hydroxyl groups is 3. The molecule has 1 rings (SSSR count). The topological polar surface area (TPSA) is 96.2 Å². The summed E-state index contributed by atoms with van der Waals surface area (Å²) in [7, 11) is 0. The van der Waals surface area contributed by atoms with Crippen molar-refractivity contribution in [1.29, 1.82) is 0 Å². The lowest BCUT2D eigenvalue weighted by molar-refractivity contribution is -0.152. The summed E-state index contributed by atoms with van der Waals surface area (Å²) in [5.41, 5.74) is -1.50. The third-order valence-electron chi connectivity index (χ3n) is 1.93. The third-order valence-corrected chi connectivity index (χ3v) is 1.93. The minimum Gasteiger partial charge on any atom is -0.393 e. The predicted molar refractivity (Wildman–Crippen MR) is 39.8 cm³/mol. The van der Waals surface area contributed by atoms with Crippen molar-refractivity contribution >= 4 is 5.78 Å². The first-order valence-corrected chi connectivity index (χ1v) is 3.82. The highest BCUT2D eigenvalue weighted by Gasteiger charge is 2.45. The number of hydrogen-bond acceptors (Lipinski definition) is 6. The van der Waals surface area contributed by atoms with Crippen LogP contribution in [0.25, 0.3) is 0 Å². The minimum atomic E-state index is -1.53. The quantitative estimate of drug-likeness (QED) is 0.461. The number of rotatable bonds is 4. The van der Waals surface area contributed by atoms with Gasteiger partial charge in [-0.3, -0.25) is 4.79 Å². The van der Waals surface area contributed by atoms with Crippen LogP contribution in [0.4, 0.5) is 0 Å². The Labute approximate surface area is 74.7 Å². The van der Waals surface area contributed by atoms with E-state index in [1.807, 2.05) is 0 Å². The van der Waals surface area contributed by atoms with Gasteiger partial charge in [-0.2, -0.15) is 0 Å². The van der Waals surface area contributed by atoms with Crippen molar-refractivity contribution in [1.82, 2.24) is 0 Å². The van der Waals surface area contributed by atoms with Crippen molar-refractivity contribution in [3.05, 3.63) is 0 Å². The van der Waals surface area contributed by atoms with Crippen LogP contribution in [0, 0.1) is 0 Å². The van der Waals surface area contributed by atoms with Crippen LogP contribution in [0.1, 0.15) is 0 Å². The number of aliphatic hydroxyl groups excluding tert-OH is 3. The average molecular weight is 192 g/mol. The van der Waals surface area contributed by atoms with Gasteiger partial charge in [0.25, 0.3) is 0 Å². The van der Waals surface area contributed by atoms with Crippen LogP contribution in [0.5, 0.6) is 0 Å². The summed E-state index contributed by atoms with van der Waals surface area (Å²) < 4.78 is 9.65. The van der Waals surface area contributed by atoms with Crippen molar-refractivity contribution in [3.8, 4) is 0 Å². The van der Waals surface area contributed by atoms with E-state index in [9.17, 15) is 4.79 Å². The lowest BCUT2D eigenvalue weighted by Crippen LogP contribution is -2.51. The largest absolute Gasteiger partial charge is 0.393 e. The van der Waals surface area contributed by atoms with Gasteiger partial charge >= 0.3 is 0 Å². The Bertz CT molecular complexity index is 185. The molecule has 2 unspecified atom stereocenters. The molecule has 1 heterocycles. The second kappa shape index (κ2) is 4.12. The van der Waals surface area contributed by atoms with Crippen LogP contribution in [0.15, 0.2) is 0 Å². The fraction of sp³-hybridized carbons (Fsp3) is 0.857. The fourth-order valence-corrected chi connectivity index (χ4v) is 1.10. The van der Waals surface area contributed by atoms with Gasteiger partial charge in [0.15, 0.2) is 11.4 Å². The standard InChI is InChI=1S/C7H12O6/c8-1-5(10)6(11)7(2-9)3-12-4-13-7/h5,8-10H,1-4H2. The molecule has 1 fully saturated rings. The van der Waals surface area contributed by atoms with Gasteiger partial charge in [0.1, 0.15) is 12.9 Å². The maximum Gasteiger partial charge on any atom is 0.200 e. The zero-order valence-corrected chi connectivity index (χ0v) is 6.97. The molecule has 0 aromatic heterocycles. The highest BCUT2D eigenvalue weighted by atomic mass is 16.7. The Morgan fingerprint density at radius 2 is 2.23 bits per heavy atom. The molecule has 0 saturated carbocycles. The molecule has 1 aliphatic heterocycles. The van der Waals surface area contributed by atoms with Crippen LogP contribution in [-0.2, 0) is 14.3 Å². The molecule has 1 saturated heterocycles. The van der Waals surface area contributed by atoms with Gasteiger partial charge in [-0.05, 0) is 0 Å². The highest BCUT2D eigenvalue weighted by molar-refractivity contribution is 5.91. The fourth-order valence-electron chi connectivity index (χ4n) is 1.10. The number of carbonyl (C=O) groups is 1. The zero-order valence-electron chi connectivity index (χ0n) is 6.97. The molecule has 0 amide bonds. The molecule has 1 aliphatic rings. The Hall–Kier alpha value is -0.530. The number of carbonyl (C=O) groups excluding carboxylic acids is 1. The molecule has 13 heavy (non-hydrogen) atoms. The van der Waals surface area contributed by atoms with Crippen molar-refractivity contribution in [2.75, 3.05) is 26.6 Å². The van der Waals surface area contributed by atoms with Gasteiger partial charge in [-0.25, -0.2) is 0 Å². The van der Waals surface area contributed by atoms with Gasteiger partial charge < -0.3 is 24.8 Å². The normalized spacial score (nSPS) is 30.4. The maximum absolute atomic E-state index is 11.4. The van der Waals surface area contributed by atoms with Gasteiger partial charge in [0.2, 0.25) is 0 Å². The van der Waals surface area contributed by atoms with Gasteiger partial charge in [-0.1, -0.05) is 0 Å². The Morgan fingerprint density at radius 3 is 2.62 bits per heavy atom. The predicted octanol–water partition coefficient (Wildman–Crippen LogP) is -2.36. The Kier molecular flexibility index (Phi) is 3.34. The first-order valence-electron chi connectivity index (χ1n) is 3.82. The molecule has 76 valence electrons. The lowest BCUT2D eigenvalue weighted by atomic mass is 9.96. The smallest absolute Gasteiger partial charge is 0.200 e. The minimum absolute atomic E-state index is 0.0928. The van der Waals surface area contributed by atoms with Crippen LogP contribution in [0.3, 0.4) is 0 Å². The molecule has 0 spiro atoms. The van der Waals surface area contributed by atoms with E-state index in [0.717, 1.165) is 0 Å². The van der Waals surface area contributed by atoms with Crippen LogP contribution >= 0.6 is 0 Å². The molecular weight excluding hydrogens is 180 g/mol. The second-order valence-electron chi connectivity index (χ2n) is 2.83. The summed E-state index contributed by atoms with van der Waals surface area (Å²) in [4.78, 5) is 11.4. The van der Waals surface area contributed by atoms with E-state index in [0.29, 0.717) is 0 Å². The zero-order chi connectivity index (χ0) is 9.90. The van der Waals surface area contributed by atoms with Gasteiger partial charge in [0, 0.05) is 0 Å². The molecule has 3 N–H and O–H groups in total. The molecule has 0 aromatic carbocycles. The van der Waals surface area contributed by atoms with Crippen molar-refractivity contribution < 1.29 is 29.6 Å². The molecule has 2 atom stereocenters. The summed E-state index contributed by atoms with van der Waals surface area (Å²) in [5.74, 6) is -0.755. The summed E-state index contributed by atoms with van der Waals surface area (Å²) in [6.07, 6.45) is -1.53.